The van der Waals surface area contributed by atoms with E-state index < -0.39 is 0 Å². The third-order valence-electron chi connectivity index (χ3n) is 6.99. The molecule has 2 saturated heterocycles. The maximum absolute atomic E-state index is 13.6. The Morgan fingerprint density at radius 3 is 2.79 bits per heavy atom. The second-order valence-corrected chi connectivity index (χ2v) is 9.26. The van der Waals surface area contributed by atoms with E-state index in [1.165, 1.54) is 0 Å². The summed E-state index contributed by atoms with van der Waals surface area (Å²) in [5.41, 5.74) is 10.5. The summed E-state index contributed by atoms with van der Waals surface area (Å²) in [7, 11) is 1.63. The van der Waals surface area contributed by atoms with Gasteiger partial charge in [0, 0.05) is 54.6 Å². The molecule has 2 atom stereocenters. The number of fused-ring (bicyclic) bond motifs is 1. The molecule has 1 aromatic carbocycles. The standard InChI is InChI=1S/C25H32N6O2/c1-16-14-31-23(27-24(16)29-12-10-18(26)15-29)13-20(28-31)21-8-4-5-11-30(21)25(32)19-7-6-9-22(33-3)17(19)2/h6-7,9,13-14,18,21H,4-5,8,10-12,15,26H2,1-3H3/t18-,21?/m0/s1. The third-order valence-corrected chi connectivity index (χ3v) is 6.99. The van der Waals surface area contributed by atoms with E-state index in [1.807, 2.05) is 46.8 Å². The third kappa shape index (κ3) is 3.93. The summed E-state index contributed by atoms with van der Waals surface area (Å²) in [4.78, 5) is 22.8. The summed E-state index contributed by atoms with van der Waals surface area (Å²) in [6.07, 6.45) is 5.98. The van der Waals surface area contributed by atoms with Gasteiger partial charge in [0.25, 0.3) is 5.91 Å². The number of nitrogens with zero attached hydrogens (tertiary/aromatic N) is 5. The second kappa shape index (κ2) is 8.67. The van der Waals surface area contributed by atoms with Gasteiger partial charge >= 0.3 is 0 Å². The SMILES string of the molecule is COc1cccc(C(=O)N2CCCCC2c2cc3nc(N4CC[C@H](N)C4)c(C)cn3n2)c1C. The van der Waals surface area contributed by atoms with Crippen molar-refractivity contribution in [2.75, 3.05) is 31.6 Å². The average molecular weight is 449 g/mol. The molecule has 8 heteroatoms. The average Bonchev–Trinajstić information content (AvgIpc) is 3.44. The second-order valence-electron chi connectivity index (χ2n) is 9.26. The molecule has 2 aliphatic rings. The van der Waals surface area contributed by atoms with Crippen molar-refractivity contribution in [2.45, 2.75) is 51.6 Å². The van der Waals surface area contributed by atoms with Crippen molar-refractivity contribution < 1.29 is 9.53 Å². The van der Waals surface area contributed by atoms with Crippen LogP contribution < -0.4 is 15.4 Å². The number of hydrogen-bond donors (Lipinski definition) is 1. The van der Waals surface area contributed by atoms with E-state index in [9.17, 15) is 4.79 Å². The Kier molecular flexibility index (Phi) is 5.70. The van der Waals surface area contributed by atoms with E-state index in [0.717, 1.165) is 79.4 Å². The van der Waals surface area contributed by atoms with Crippen LogP contribution in [-0.2, 0) is 0 Å². The summed E-state index contributed by atoms with van der Waals surface area (Å²) < 4.78 is 7.28. The number of aryl methyl sites for hydroxylation is 1. The van der Waals surface area contributed by atoms with Crippen molar-refractivity contribution in [3.8, 4) is 5.75 Å². The molecule has 1 unspecified atom stereocenters. The molecular weight excluding hydrogens is 416 g/mol. The van der Waals surface area contributed by atoms with Gasteiger partial charge in [0.1, 0.15) is 11.6 Å². The van der Waals surface area contributed by atoms with Gasteiger partial charge in [-0.1, -0.05) is 6.07 Å². The number of anilines is 1. The topological polar surface area (TPSA) is 89.0 Å². The lowest BCUT2D eigenvalue weighted by atomic mass is 9.97. The quantitative estimate of drug-likeness (QED) is 0.659. The van der Waals surface area contributed by atoms with Gasteiger partial charge in [0.05, 0.1) is 18.8 Å². The lowest BCUT2D eigenvalue weighted by Crippen LogP contribution is -2.39. The fourth-order valence-electron chi connectivity index (χ4n) is 5.19. The van der Waals surface area contributed by atoms with Crippen LogP contribution in [0, 0.1) is 13.8 Å². The lowest BCUT2D eigenvalue weighted by Gasteiger charge is -2.35. The van der Waals surface area contributed by atoms with Gasteiger partial charge in [-0.25, -0.2) is 9.50 Å². The molecule has 5 rings (SSSR count). The maximum Gasteiger partial charge on any atom is 0.254 e. The monoisotopic (exact) mass is 448 g/mol. The number of methoxy groups -OCH3 is 1. The van der Waals surface area contributed by atoms with Crippen molar-refractivity contribution in [2.24, 2.45) is 5.73 Å². The van der Waals surface area contributed by atoms with Gasteiger partial charge in [-0.2, -0.15) is 5.10 Å². The first-order valence-electron chi connectivity index (χ1n) is 11.8. The van der Waals surface area contributed by atoms with E-state index in [2.05, 4.69) is 11.8 Å². The van der Waals surface area contributed by atoms with Crippen LogP contribution in [0.4, 0.5) is 5.82 Å². The van der Waals surface area contributed by atoms with Crippen LogP contribution in [0.1, 0.15) is 58.9 Å². The van der Waals surface area contributed by atoms with Crippen molar-refractivity contribution in [3.05, 3.63) is 52.8 Å². The first-order chi connectivity index (χ1) is 16.0. The first-order valence-corrected chi connectivity index (χ1v) is 11.8. The number of likely N-dealkylation sites (tertiary alicyclic amines) is 1. The highest BCUT2D eigenvalue weighted by molar-refractivity contribution is 5.96. The molecule has 2 fully saturated rings. The number of carbonyl (C=O) groups excluding carboxylic acids is 1. The van der Waals surface area contributed by atoms with Gasteiger partial charge in [-0.3, -0.25) is 4.79 Å². The van der Waals surface area contributed by atoms with E-state index >= 15 is 0 Å². The Balaban J connectivity index is 1.48. The summed E-state index contributed by atoms with van der Waals surface area (Å²) in [6.45, 7) is 6.48. The van der Waals surface area contributed by atoms with Crippen molar-refractivity contribution in [3.63, 3.8) is 0 Å². The summed E-state index contributed by atoms with van der Waals surface area (Å²) in [5.74, 6) is 1.74. The predicted octanol–water partition coefficient (Wildman–Crippen LogP) is 3.26. The van der Waals surface area contributed by atoms with Crippen molar-refractivity contribution >= 4 is 17.4 Å². The molecule has 0 aliphatic carbocycles. The minimum Gasteiger partial charge on any atom is -0.496 e. The molecular formula is C25H32N6O2. The molecule has 2 aromatic heterocycles. The molecule has 3 aromatic rings. The molecule has 174 valence electrons. The van der Waals surface area contributed by atoms with E-state index in [4.69, 9.17) is 20.6 Å². The highest BCUT2D eigenvalue weighted by Gasteiger charge is 2.32. The van der Waals surface area contributed by atoms with E-state index in [0.29, 0.717) is 5.56 Å². The van der Waals surface area contributed by atoms with Crippen LogP contribution in [0.15, 0.2) is 30.5 Å². The van der Waals surface area contributed by atoms with Crippen LogP contribution in [0.25, 0.3) is 5.65 Å². The fraction of sp³-hybridized carbons (Fsp3) is 0.480. The van der Waals surface area contributed by atoms with Crippen LogP contribution in [0.2, 0.25) is 0 Å². The zero-order valence-corrected chi connectivity index (χ0v) is 19.6. The molecule has 33 heavy (non-hydrogen) atoms. The number of aromatic nitrogens is 3. The number of piperidine rings is 1. The van der Waals surface area contributed by atoms with Gasteiger partial charge in [0.15, 0.2) is 5.65 Å². The van der Waals surface area contributed by atoms with E-state index in [-0.39, 0.29) is 18.0 Å². The number of amides is 1. The fourth-order valence-corrected chi connectivity index (χ4v) is 5.19. The van der Waals surface area contributed by atoms with Crippen LogP contribution >= 0.6 is 0 Å². The Bertz CT molecular complexity index is 1190. The minimum absolute atomic E-state index is 0.0315. The Morgan fingerprint density at radius 2 is 2.03 bits per heavy atom. The smallest absolute Gasteiger partial charge is 0.254 e. The molecule has 4 heterocycles. The van der Waals surface area contributed by atoms with Crippen molar-refractivity contribution in [1.82, 2.24) is 19.5 Å². The van der Waals surface area contributed by atoms with Gasteiger partial charge < -0.3 is 20.3 Å². The summed E-state index contributed by atoms with van der Waals surface area (Å²) in [5, 5.41) is 4.85. The zero-order chi connectivity index (χ0) is 23.1. The number of benzene rings is 1. The lowest BCUT2D eigenvalue weighted by molar-refractivity contribution is 0.0604. The molecule has 0 saturated carbocycles. The Labute approximate surface area is 194 Å². The highest BCUT2D eigenvalue weighted by atomic mass is 16.5. The van der Waals surface area contributed by atoms with Crippen LogP contribution in [0.3, 0.4) is 0 Å². The Morgan fingerprint density at radius 1 is 1.18 bits per heavy atom. The normalized spacial score (nSPS) is 21.1. The molecule has 0 bridgehead atoms. The number of rotatable bonds is 4. The molecule has 0 spiro atoms. The molecule has 2 N–H and O–H groups in total. The molecule has 1 amide bonds. The van der Waals surface area contributed by atoms with E-state index in [1.54, 1.807) is 7.11 Å². The number of ether oxygens (including phenoxy) is 1. The zero-order valence-electron chi connectivity index (χ0n) is 19.6. The van der Waals surface area contributed by atoms with Gasteiger partial charge in [-0.05, 0) is 51.7 Å². The summed E-state index contributed by atoms with van der Waals surface area (Å²) in [6, 6.07) is 7.82. The predicted molar refractivity (Wildman–Crippen MR) is 128 cm³/mol. The van der Waals surface area contributed by atoms with Crippen LogP contribution in [0.5, 0.6) is 5.75 Å². The molecule has 2 aliphatic heterocycles. The minimum atomic E-state index is -0.0671. The number of hydrogen-bond acceptors (Lipinski definition) is 6. The molecule has 0 radical (unpaired) electrons. The van der Waals surface area contributed by atoms with Crippen molar-refractivity contribution in [1.29, 1.82) is 0 Å². The highest BCUT2D eigenvalue weighted by Crippen LogP contribution is 2.34. The largest absolute Gasteiger partial charge is 0.496 e. The first kappa shape index (κ1) is 21.7. The maximum atomic E-state index is 13.6. The molecule has 8 nitrogen and oxygen atoms in total. The summed E-state index contributed by atoms with van der Waals surface area (Å²) >= 11 is 0. The van der Waals surface area contributed by atoms with Gasteiger partial charge in [-0.15, -0.1) is 0 Å². The number of carbonyl (C=O) groups is 1. The number of nitrogens with two attached hydrogens (primary N) is 1. The van der Waals surface area contributed by atoms with Gasteiger partial charge in [0.2, 0.25) is 0 Å². The van der Waals surface area contributed by atoms with Crippen LogP contribution in [-0.4, -0.2) is 58.2 Å². The Hall–Kier alpha value is -3.13.